The number of anilines is 1. The van der Waals surface area contributed by atoms with E-state index in [-0.39, 0.29) is 6.42 Å². The summed E-state index contributed by atoms with van der Waals surface area (Å²) in [6.07, 6.45) is -1.26. The van der Waals surface area contributed by atoms with Gasteiger partial charge in [0.2, 0.25) is 0 Å². The van der Waals surface area contributed by atoms with Gasteiger partial charge in [0.05, 0.1) is 19.6 Å². The first-order valence-corrected chi connectivity index (χ1v) is 9.12. The molecule has 0 aliphatic carbocycles. The molecule has 0 saturated heterocycles. The summed E-state index contributed by atoms with van der Waals surface area (Å²) in [5.74, 6) is -0.597. The predicted molar refractivity (Wildman–Crippen MR) is 109 cm³/mol. The molecule has 0 radical (unpaired) electrons. The first kappa shape index (κ1) is 22.0. The van der Waals surface area contributed by atoms with E-state index in [4.69, 9.17) is 26.8 Å². The van der Waals surface area contributed by atoms with Crippen molar-refractivity contribution in [2.45, 2.75) is 25.5 Å². The van der Waals surface area contributed by atoms with Crippen LogP contribution in [0.2, 0.25) is 5.02 Å². The Morgan fingerprint density at radius 1 is 1.14 bits per heavy atom. The number of carbonyl (C=O) groups excluding carboxylic acids is 3. The van der Waals surface area contributed by atoms with Gasteiger partial charge in [-0.1, -0.05) is 29.8 Å². The number of urea groups is 1. The molecule has 0 spiro atoms. The highest BCUT2D eigenvalue weighted by atomic mass is 35.5. The summed E-state index contributed by atoms with van der Waals surface area (Å²) in [6, 6.07) is 11.8. The molecule has 2 aromatic carbocycles. The maximum atomic E-state index is 12.3. The Hall–Kier alpha value is -3.26. The van der Waals surface area contributed by atoms with E-state index in [2.05, 4.69) is 10.6 Å². The number of amides is 3. The van der Waals surface area contributed by atoms with Gasteiger partial charge >= 0.3 is 12.0 Å². The van der Waals surface area contributed by atoms with Gasteiger partial charge in [0.25, 0.3) is 5.91 Å². The maximum Gasteiger partial charge on any atom is 0.312 e. The summed E-state index contributed by atoms with van der Waals surface area (Å²) in [5, 5.41) is 5.64. The largest absolute Gasteiger partial charge is 0.497 e. The van der Waals surface area contributed by atoms with Crippen molar-refractivity contribution in [2.75, 3.05) is 12.4 Å². The second kappa shape index (κ2) is 10.3. The molecule has 8 nitrogen and oxygen atoms in total. The van der Waals surface area contributed by atoms with Crippen LogP contribution in [-0.2, 0) is 14.3 Å². The number of primary amides is 1. The molecule has 9 heteroatoms. The van der Waals surface area contributed by atoms with E-state index in [1.54, 1.807) is 48.5 Å². The molecular weight excluding hydrogens is 398 g/mol. The third-order valence-corrected chi connectivity index (χ3v) is 4.23. The highest BCUT2D eigenvalue weighted by molar-refractivity contribution is 6.30. The maximum absolute atomic E-state index is 12.3. The number of methoxy groups -OCH3 is 1. The Balaban J connectivity index is 1.97. The number of carbonyl (C=O) groups is 3. The van der Waals surface area contributed by atoms with Crippen molar-refractivity contribution in [2.24, 2.45) is 5.73 Å². The highest BCUT2D eigenvalue weighted by Crippen LogP contribution is 2.21. The molecule has 0 fully saturated rings. The molecule has 2 rings (SSSR count). The van der Waals surface area contributed by atoms with Gasteiger partial charge in [-0.15, -0.1) is 0 Å². The van der Waals surface area contributed by atoms with Crippen molar-refractivity contribution < 1.29 is 23.9 Å². The summed E-state index contributed by atoms with van der Waals surface area (Å²) in [5.41, 5.74) is 6.32. The Labute approximate surface area is 173 Å². The van der Waals surface area contributed by atoms with E-state index >= 15 is 0 Å². The van der Waals surface area contributed by atoms with Crippen LogP contribution in [0.3, 0.4) is 0 Å². The number of hydrogen-bond donors (Lipinski definition) is 3. The average molecular weight is 420 g/mol. The number of esters is 1. The van der Waals surface area contributed by atoms with Gasteiger partial charge in [-0.25, -0.2) is 4.79 Å². The van der Waals surface area contributed by atoms with Gasteiger partial charge in [0, 0.05) is 16.8 Å². The van der Waals surface area contributed by atoms with Gasteiger partial charge in [-0.2, -0.15) is 0 Å². The minimum absolute atomic E-state index is 0.207. The lowest BCUT2D eigenvalue weighted by Gasteiger charge is -2.19. The summed E-state index contributed by atoms with van der Waals surface area (Å²) < 4.78 is 10.3. The van der Waals surface area contributed by atoms with Crippen molar-refractivity contribution in [3.63, 3.8) is 0 Å². The average Bonchev–Trinajstić information content (AvgIpc) is 2.67. The number of hydrogen-bond acceptors (Lipinski definition) is 5. The van der Waals surface area contributed by atoms with E-state index < -0.39 is 30.1 Å². The lowest BCUT2D eigenvalue weighted by atomic mass is 10.0. The molecule has 0 aliphatic rings. The molecule has 4 N–H and O–H groups in total. The molecule has 3 amide bonds. The quantitative estimate of drug-likeness (QED) is 0.568. The van der Waals surface area contributed by atoms with Crippen LogP contribution < -0.4 is 21.1 Å². The zero-order valence-electron chi connectivity index (χ0n) is 16.0. The van der Waals surface area contributed by atoms with Crippen LogP contribution in [0.15, 0.2) is 48.5 Å². The number of halogens is 1. The van der Waals surface area contributed by atoms with Crippen LogP contribution >= 0.6 is 11.6 Å². The second-order valence-electron chi connectivity index (χ2n) is 6.17. The topological polar surface area (TPSA) is 120 Å². The first-order chi connectivity index (χ1) is 13.8. The van der Waals surface area contributed by atoms with Gasteiger partial charge in [-0.05, 0) is 36.8 Å². The van der Waals surface area contributed by atoms with E-state index in [0.29, 0.717) is 22.0 Å². The second-order valence-corrected chi connectivity index (χ2v) is 6.61. The minimum Gasteiger partial charge on any atom is -0.497 e. The normalized spacial score (nSPS) is 12.4. The fourth-order valence-electron chi connectivity index (χ4n) is 2.53. The monoisotopic (exact) mass is 419 g/mol. The number of benzene rings is 2. The third-order valence-electron chi connectivity index (χ3n) is 3.97. The van der Waals surface area contributed by atoms with Crippen LogP contribution in [0.4, 0.5) is 10.5 Å². The summed E-state index contributed by atoms with van der Waals surface area (Å²) in [7, 11) is 1.52. The Bertz CT molecular complexity index is 873. The standard InChI is InChI=1S/C20H22ClN3O5/c1-12(19(26)23-15-4-3-5-16(10-15)28-2)29-18(25)11-17(24-20(22)27)13-6-8-14(21)9-7-13/h3-10,12,17H,11H2,1-2H3,(H,23,26)(H3,22,24,27)/t12-,17+/m0/s1. The molecule has 0 aliphatic heterocycles. The predicted octanol–water partition coefficient (Wildman–Crippen LogP) is 3.02. The Kier molecular flexibility index (Phi) is 7.85. The smallest absolute Gasteiger partial charge is 0.312 e. The molecule has 0 aromatic heterocycles. The molecule has 2 atom stereocenters. The van der Waals surface area contributed by atoms with Gasteiger partial charge in [0.15, 0.2) is 6.10 Å². The molecule has 0 heterocycles. The van der Waals surface area contributed by atoms with Crippen molar-refractivity contribution in [1.29, 1.82) is 0 Å². The zero-order valence-corrected chi connectivity index (χ0v) is 16.7. The van der Waals surface area contributed by atoms with Gasteiger partial charge in [0.1, 0.15) is 5.75 Å². The van der Waals surface area contributed by atoms with Crippen LogP contribution in [-0.4, -0.2) is 31.1 Å². The van der Waals surface area contributed by atoms with Crippen molar-refractivity contribution >= 4 is 35.2 Å². The number of rotatable bonds is 8. The van der Waals surface area contributed by atoms with E-state index in [1.165, 1.54) is 14.0 Å². The highest BCUT2D eigenvalue weighted by Gasteiger charge is 2.23. The minimum atomic E-state index is -1.05. The van der Waals surface area contributed by atoms with Crippen molar-refractivity contribution in [3.8, 4) is 5.75 Å². The SMILES string of the molecule is COc1cccc(NC(=O)[C@H](C)OC(=O)C[C@@H](NC(N)=O)c2ccc(Cl)cc2)c1. The van der Waals surface area contributed by atoms with E-state index in [9.17, 15) is 14.4 Å². The van der Waals surface area contributed by atoms with Crippen LogP contribution in [0.5, 0.6) is 5.75 Å². The van der Waals surface area contributed by atoms with Crippen LogP contribution in [0.1, 0.15) is 24.9 Å². The van der Waals surface area contributed by atoms with Crippen LogP contribution in [0, 0.1) is 0 Å². The fourth-order valence-corrected chi connectivity index (χ4v) is 2.66. The zero-order chi connectivity index (χ0) is 21.4. The molecule has 0 bridgehead atoms. The molecule has 2 aromatic rings. The van der Waals surface area contributed by atoms with Gasteiger partial charge < -0.3 is 25.8 Å². The summed E-state index contributed by atoms with van der Waals surface area (Å²) in [4.78, 5) is 35.9. The summed E-state index contributed by atoms with van der Waals surface area (Å²) >= 11 is 5.86. The van der Waals surface area contributed by atoms with Gasteiger partial charge in [-0.3, -0.25) is 9.59 Å². The number of nitrogens with two attached hydrogens (primary N) is 1. The molecule has 0 unspecified atom stereocenters. The molecule has 29 heavy (non-hydrogen) atoms. The van der Waals surface area contributed by atoms with Crippen molar-refractivity contribution in [1.82, 2.24) is 5.32 Å². The lowest BCUT2D eigenvalue weighted by molar-refractivity contribution is -0.153. The number of nitrogens with one attached hydrogen (secondary N) is 2. The first-order valence-electron chi connectivity index (χ1n) is 8.74. The van der Waals surface area contributed by atoms with Crippen molar-refractivity contribution in [3.05, 3.63) is 59.1 Å². The molecular formula is C20H22ClN3O5. The Morgan fingerprint density at radius 3 is 2.45 bits per heavy atom. The summed E-state index contributed by atoms with van der Waals surface area (Å²) in [6.45, 7) is 1.45. The van der Waals surface area contributed by atoms with Crippen LogP contribution in [0.25, 0.3) is 0 Å². The molecule has 154 valence electrons. The molecule has 0 saturated carbocycles. The fraction of sp³-hybridized carbons (Fsp3) is 0.250. The Morgan fingerprint density at radius 2 is 1.83 bits per heavy atom. The van der Waals surface area contributed by atoms with E-state index in [0.717, 1.165) is 0 Å². The third kappa shape index (κ3) is 7.00. The van der Waals surface area contributed by atoms with E-state index in [1.807, 2.05) is 0 Å². The lowest BCUT2D eigenvalue weighted by Crippen LogP contribution is -2.36. The number of ether oxygens (including phenoxy) is 2.